The van der Waals surface area contributed by atoms with E-state index in [1.165, 1.54) is 0 Å². The molecule has 2 rings (SSSR count). The lowest BCUT2D eigenvalue weighted by Crippen LogP contribution is -1.98. The van der Waals surface area contributed by atoms with E-state index in [4.69, 9.17) is 16.3 Å². The number of para-hydroxylation sites is 1. The summed E-state index contributed by atoms with van der Waals surface area (Å²) in [5.74, 6) is 6.22. The molecule has 0 aliphatic carbocycles. The SMILES string of the molecule is O=Cc1cccc(Cl)c1OCC#Cc1ccccc1. The highest BCUT2D eigenvalue weighted by atomic mass is 35.5. The van der Waals surface area contributed by atoms with Gasteiger partial charge < -0.3 is 4.74 Å². The minimum Gasteiger partial charge on any atom is -0.479 e. The molecule has 94 valence electrons. The molecule has 0 aliphatic rings. The fraction of sp³-hybridized carbons (Fsp3) is 0.0625. The van der Waals surface area contributed by atoms with Crippen molar-refractivity contribution in [3.05, 3.63) is 64.7 Å². The van der Waals surface area contributed by atoms with E-state index < -0.39 is 0 Å². The van der Waals surface area contributed by atoms with E-state index >= 15 is 0 Å². The van der Waals surface area contributed by atoms with Gasteiger partial charge >= 0.3 is 0 Å². The molecule has 19 heavy (non-hydrogen) atoms. The predicted octanol–water partition coefficient (Wildman–Crippen LogP) is 3.58. The van der Waals surface area contributed by atoms with Gasteiger partial charge in [-0.15, -0.1) is 0 Å². The average molecular weight is 271 g/mol. The van der Waals surface area contributed by atoms with Crippen molar-refractivity contribution in [3.63, 3.8) is 0 Å². The second kappa shape index (κ2) is 6.63. The monoisotopic (exact) mass is 270 g/mol. The van der Waals surface area contributed by atoms with E-state index in [0.29, 0.717) is 22.6 Å². The molecule has 0 saturated carbocycles. The molecule has 0 spiro atoms. The van der Waals surface area contributed by atoms with Crippen LogP contribution in [-0.2, 0) is 0 Å². The Kier molecular flexibility index (Phi) is 4.60. The largest absolute Gasteiger partial charge is 0.479 e. The van der Waals surface area contributed by atoms with Crippen LogP contribution in [-0.4, -0.2) is 12.9 Å². The molecule has 0 unspecified atom stereocenters. The third-order valence-electron chi connectivity index (χ3n) is 2.42. The van der Waals surface area contributed by atoms with Gasteiger partial charge in [0.15, 0.2) is 6.29 Å². The van der Waals surface area contributed by atoms with Crippen molar-refractivity contribution in [1.29, 1.82) is 0 Å². The highest BCUT2D eigenvalue weighted by molar-refractivity contribution is 6.32. The molecule has 0 bridgehead atoms. The van der Waals surface area contributed by atoms with E-state index in [1.807, 2.05) is 30.3 Å². The van der Waals surface area contributed by atoms with Crippen molar-refractivity contribution in [3.8, 4) is 17.6 Å². The molecule has 0 aromatic heterocycles. The van der Waals surface area contributed by atoms with Gasteiger partial charge in [0.1, 0.15) is 12.4 Å². The van der Waals surface area contributed by atoms with Gasteiger partial charge in [0.25, 0.3) is 0 Å². The molecule has 3 heteroatoms. The molecule has 0 amide bonds. The molecule has 0 fully saturated rings. The molecular formula is C16H11ClO2. The summed E-state index contributed by atoms with van der Waals surface area (Å²) in [6.07, 6.45) is 0.714. The zero-order valence-electron chi connectivity index (χ0n) is 10.1. The second-order valence-electron chi connectivity index (χ2n) is 3.73. The number of rotatable bonds is 3. The van der Waals surface area contributed by atoms with Gasteiger partial charge in [0.05, 0.1) is 10.6 Å². The first-order valence-corrected chi connectivity index (χ1v) is 6.09. The Bertz CT molecular complexity index is 624. The quantitative estimate of drug-likeness (QED) is 0.629. The molecular weight excluding hydrogens is 260 g/mol. The molecule has 0 heterocycles. The minimum absolute atomic E-state index is 0.180. The summed E-state index contributed by atoms with van der Waals surface area (Å²) in [5, 5.41) is 0.408. The second-order valence-corrected chi connectivity index (χ2v) is 4.14. The molecule has 2 aromatic rings. The molecule has 0 radical (unpaired) electrons. The number of hydrogen-bond donors (Lipinski definition) is 0. The highest BCUT2D eigenvalue weighted by Gasteiger charge is 2.06. The highest BCUT2D eigenvalue weighted by Crippen LogP contribution is 2.27. The minimum atomic E-state index is 0.180. The zero-order chi connectivity index (χ0) is 13.5. The van der Waals surface area contributed by atoms with Crippen LogP contribution in [0.25, 0.3) is 0 Å². The van der Waals surface area contributed by atoms with Gasteiger partial charge in [0, 0.05) is 5.56 Å². The summed E-state index contributed by atoms with van der Waals surface area (Å²) in [5.41, 5.74) is 1.34. The molecule has 2 aromatic carbocycles. The van der Waals surface area contributed by atoms with E-state index in [-0.39, 0.29) is 6.61 Å². The summed E-state index contributed by atoms with van der Waals surface area (Å²) < 4.78 is 5.44. The van der Waals surface area contributed by atoms with E-state index in [9.17, 15) is 4.79 Å². The maximum atomic E-state index is 10.9. The van der Waals surface area contributed by atoms with Crippen molar-refractivity contribution in [2.75, 3.05) is 6.61 Å². The van der Waals surface area contributed by atoms with Crippen molar-refractivity contribution in [2.24, 2.45) is 0 Å². The van der Waals surface area contributed by atoms with Crippen LogP contribution in [0.1, 0.15) is 15.9 Å². The van der Waals surface area contributed by atoms with E-state index in [0.717, 1.165) is 5.56 Å². The summed E-state index contributed by atoms with van der Waals surface area (Å²) in [4.78, 5) is 10.9. The number of halogens is 1. The van der Waals surface area contributed by atoms with Gasteiger partial charge in [-0.05, 0) is 24.3 Å². The molecule has 2 nitrogen and oxygen atoms in total. The fourth-order valence-electron chi connectivity index (χ4n) is 1.54. The normalized spacial score (nSPS) is 9.32. The Balaban J connectivity index is 2.04. The number of ether oxygens (including phenoxy) is 1. The molecule has 0 aliphatic heterocycles. The van der Waals surface area contributed by atoms with Crippen LogP contribution >= 0.6 is 11.6 Å². The molecule has 0 atom stereocenters. The van der Waals surface area contributed by atoms with E-state index in [2.05, 4.69) is 11.8 Å². The number of hydrogen-bond acceptors (Lipinski definition) is 2. The maximum absolute atomic E-state index is 10.9. The summed E-state index contributed by atoms with van der Waals surface area (Å²) >= 11 is 5.97. The van der Waals surface area contributed by atoms with Gasteiger partial charge in [-0.1, -0.05) is 47.7 Å². The topological polar surface area (TPSA) is 26.3 Å². The number of carbonyl (C=O) groups excluding carboxylic acids is 1. The predicted molar refractivity (Wildman–Crippen MR) is 75.7 cm³/mol. The van der Waals surface area contributed by atoms with Gasteiger partial charge in [-0.2, -0.15) is 0 Å². The Labute approximate surface area is 117 Å². The lowest BCUT2D eigenvalue weighted by atomic mass is 10.2. The summed E-state index contributed by atoms with van der Waals surface area (Å²) in [7, 11) is 0. The standard InChI is InChI=1S/C16H11ClO2/c17-15-10-4-9-14(12-18)16(15)19-11-5-8-13-6-2-1-3-7-13/h1-4,6-7,9-10,12H,11H2. The number of carbonyl (C=O) groups is 1. The van der Waals surface area contributed by atoms with Crippen LogP contribution < -0.4 is 4.74 Å². The first kappa shape index (κ1) is 13.2. The van der Waals surface area contributed by atoms with Crippen molar-refractivity contribution >= 4 is 17.9 Å². The Morgan fingerprint density at radius 1 is 1.11 bits per heavy atom. The van der Waals surface area contributed by atoms with Gasteiger partial charge in [0.2, 0.25) is 0 Å². The molecule has 0 saturated heterocycles. The summed E-state index contributed by atoms with van der Waals surface area (Å²) in [6, 6.07) is 14.6. The van der Waals surface area contributed by atoms with E-state index in [1.54, 1.807) is 18.2 Å². The fourth-order valence-corrected chi connectivity index (χ4v) is 1.77. The van der Waals surface area contributed by atoms with Crippen LogP contribution in [0.3, 0.4) is 0 Å². The average Bonchev–Trinajstić information content (AvgIpc) is 2.46. The van der Waals surface area contributed by atoms with Crippen LogP contribution in [0.2, 0.25) is 5.02 Å². The first-order valence-electron chi connectivity index (χ1n) is 5.71. The van der Waals surface area contributed by atoms with Crippen LogP contribution in [0.15, 0.2) is 48.5 Å². The number of aldehydes is 1. The lowest BCUT2D eigenvalue weighted by Gasteiger charge is -2.06. The Hall–Kier alpha value is -2.24. The third-order valence-corrected chi connectivity index (χ3v) is 2.72. The van der Waals surface area contributed by atoms with Crippen molar-refractivity contribution in [2.45, 2.75) is 0 Å². The van der Waals surface area contributed by atoms with Gasteiger partial charge in [-0.25, -0.2) is 0 Å². The van der Waals surface area contributed by atoms with Crippen molar-refractivity contribution in [1.82, 2.24) is 0 Å². The Morgan fingerprint density at radius 3 is 2.63 bits per heavy atom. The Morgan fingerprint density at radius 2 is 1.89 bits per heavy atom. The molecule has 0 N–H and O–H groups in total. The van der Waals surface area contributed by atoms with Crippen LogP contribution in [0.4, 0.5) is 0 Å². The number of benzene rings is 2. The summed E-state index contributed by atoms with van der Waals surface area (Å²) in [6.45, 7) is 0.180. The smallest absolute Gasteiger partial charge is 0.153 e. The lowest BCUT2D eigenvalue weighted by molar-refractivity contribution is 0.112. The van der Waals surface area contributed by atoms with Crippen LogP contribution in [0, 0.1) is 11.8 Å². The van der Waals surface area contributed by atoms with Crippen molar-refractivity contribution < 1.29 is 9.53 Å². The zero-order valence-corrected chi connectivity index (χ0v) is 10.9. The van der Waals surface area contributed by atoms with Crippen LogP contribution in [0.5, 0.6) is 5.75 Å². The third kappa shape index (κ3) is 3.61. The maximum Gasteiger partial charge on any atom is 0.153 e. The first-order chi connectivity index (χ1) is 9.31. The van der Waals surface area contributed by atoms with Gasteiger partial charge in [-0.3, -0.25) is 4.79 Å².